The highest BCUT2D eigenvalue weighted by Gasteiger charge is 2.36. The van der Waals surface area contributed by atoms with Crippen molar-refractivity contribution in [1.29, 1.82) is 0 Å². The maximum Gasteiger partial charge on any atom is 0.323 e. The zero-order valence-electron chi connectivity index (χ0n) is 8.60. The first kappa shape index (κ1) is 11.8. The Kier molecular flexibility index (Phi) is 4.71. The Hall–Kier alpha value is -0.260. The van der Waals surface area contributed by atoms with Crippen molar-refractivity contribution in [3.63, 3.8) is 0 Å². The largest absolute Gasteiger partial charge is 0.468 e. The first-order valence-corrected chi connectivity index (χ1v) is 6.07. The Balaban J connectivity index is 2.49. The average Bonchev–Trinajstić information content (AvgIpc) is 2.55. The van der Waals surface area contributed by atoms with Crippen molar-refractivity contribution in [1.82, 2.24) is 4.90 Å². The molecule has 0 aromatic heterocycles. The fourth-order valence-corrected chi connectivity index (χ4v) is 2.13. The second-order valence-corrected chi connectivity index (χ2v) is 4.40. The second-order valence-electron chi connectivity index (χ2n) is 3.42. The second kappa shape index (κ2) is 5.58. The third-order valence-electron chi connectivity index (χ3n) is 2.44. The first-order chi connectivity index (χ1) is 6.69. The van der Waals surface area contributed by atoms with E-state index in [-0.39, 0.29) is 18.1 Å². The van der Waals surface area contributed by atoms with Gasteiger partial charge in [0.25, 0.3) is 0 Å². The number of likely N-dealkylation sites (tertiary alicyclic amines) is 1. The number of ether oxygens (including phenoxy) is 1. The van der Waals surface area contributed by atoms with E-state index in [1.165, 1.54) is 7.11 Å². The van der Waals surface area contributed by atoms with E-state index in [2.05, 4.69) is 0 Å². The number of aliphatic hydroxyl groups is 1. The van der Waals surface area contributed by atoms with Crippen molar-refractivity contribution in [2.24, 2.45) is 0 Å². The van der Waals surface area contributed by atoms with Gasteiger partial charge in [0.05, 0.1) is 13.2 Å². The quantitative estimate of drug-likeness (QED) is 0.672. The number of hydrogen-bond acceptors (Lipinski definition) is 5. The van der Waals surface area contributed by atoms with Crippen LogP contribution in [0.15, 0.2) is 0 Å². The summed E-state index contributed by atoms with van der Waals surface area (Å²) >= 11 is 1.74. The van der Waals surface area contributed by atoms with Gasteiger partial charge in [-0.2, -0.15) is 11.8 Å². The molecule has 0 amide bonds. The van der Waals surface area contributed by atoms with Crippen molar-refractivity contribution >= 4 is 17.7 Å². The van der Waals surface area contributed by atoms with Crippen LogP contribution in [-0.4, -0.2) is 60.3 Å². The highest BCUT2D eigenvalue weighted by atomic mass is 32.2. The van der Waals surface area contributed by atoms with Crippen molar-refractivity contribution in [3.8, 4) is 0 Å². The highest BCUT2D eigenvalue weighted by Crippen LogP contribution is 2.19. The lowest BCUT2D eigenvalue weighted by Gasteiger charge is -2.21. The first-order valence-electron chi connectivity index (χ1n) is 4.68. The molecule has 0 bridgehead atoms. The van der Waals surface area contributed by atoms with E-state index in [0.717, 1.165) is 12.3 Å². The van der Waals surface area contributed by atoms with Crippen LogP contribution in [0, 0.1) is 0 Å². The summed E-state index contributed by atoms with van der Waals surface area (Å²) in [5.74, 6) is 0.739. The van der Waals surface area contributed by atoms with Crippen LogP contribution in [0.4, 0.5) is 0 Å². The van der Waals surface area contributed by atoms with E-state index in [9.17, 15) is 9.90 Å². The molecule has 5 heteroatoms. The average molecular weight is 219 g/mol. The van der Waals surface area contributed by atoms with Crippen molar-refractivity contribution in [2.45, 2.75) is 18.6 Å². The molecule has 0 spiro atoms. The maximum atomic E-state index is 11.4. The molecule has 0 aromatic rings. The molecule has 4 nitrogen and oxygen atoms in total. The number of hydrogen-bond donors (Lipinski definition) is 1. The molecule has 2 unspecified atom stereocenters. The number of β-amino-alcohol motifs (C(OH)–C–C–N with tert-alkyl or cyclic N) is 1. The van der Waals surface area contributed by atoms with Crippen LogP contribution in [0.25, 0.3) is 0 Å². The smallest absolute Gasteiger partial charge is 0.323 e. The van der Waals surface area contributed by atoms with Crippen LogP contribution < -0.4 is 0 Å². The summed E-state index contributed by atoms with van der Waals surface area (Å²) in [5, 5.41) is 9.46. The molecule has 1 aliphatic heterocycles. The lowest BCUT2D eigenvalue weighted by atomic mass is 10.2. The van der Waals surface area contributed by atoms with E-state index in [0.29, 0.717) is 13.0 Å². The molecule has 1 fully saturated rings. The van der Waals surface area contributed by atoms with E-state index in [1.54, 1.807) is 11.8 Å². The zero-order chi connectivity index (χ0) is 10.6. The summed E-state index contributed by atoms with van der Waals surface area (Å²) in [5.41, 5.74) is 0. The monoisotopic (exact) mass is 219 g/mol. The number of esters is 1. The van der Waals surface area contributed by atoms with Crippen LogP contribution >= 0.6 is 11.8 Å². The Labute approximate surface area is 88.6 Å². The normalized spacial score (nSPS) is 27.9. The van der Waals surface area contributed by atoms with Gasteiger partial charge in [-0.25, -0.2) is 0 Å². The fraction of sp³-hybridized carbons (Fsp3) is 0.889. The van der Waals surface area contributed by atoms with Gasteiger partial charge in [-0.15, -0.1) is 0 Å². The summed E-state index contributed by atoms with van der Waals surface area (Å²) in [6, 6.07) is -0.248. The van der Waals surface area contributed by atoms with Crippen molar-refractivity contribution in [3.05, 3.63) is 0 Å². The van der Waals surface area contributed by atoms with E-state index in [1.807, 2.05) is 11.2 Å². The maximum absolute atomic E-state index is 11.4. The molecule has 2 atom stereocenters. The molecular formula is C9H17NO3S. The molecule has 1 aliphatic rings. The van der Waals surface area contributed by atoms with Gasteiger partial charge in [0.15, 0.2) is 0 Å². The van der Waals surface area contributed by atoms with Gasteiger partial charge in [-0.05, 0) is 6.26 Å². The predicted molar refractivity (Wildman–Crippen MR) is 56.4 cm³/mol. The predicted octanol–water partition coefficient (Wildman–Crippen LogP) is -0.0424. The van der Waals surface area contributed by atoms with E-state index >= 15 is 0 Å². The van der Waals surface area contributed by atoms with Crippen LogP contribution in [0.5, 0.6) is 0 Å². The number of aliphatic hydroxyl groups excluding tert-OH is 1. The molecule has 1 N–H and O–H groups in total. The molecule has 82 valence electrons. The molecule has 1 saturated heterocycles. The molecule has 1 heterocycles. The molecule has 1 rings (SSSR count). The van der Waals surface area contributed by atoms with Crippen LogP contribution in [0.3, 0.4) is 0 Å². The number of rotatable bonds is 4. The van der Waals surface area contributed by atoms with Crippen LogP contribution in [0.2, 0.25) is 0 Å². The topological polar surface area (TPSA) is 49.8 Å². The van der Waals surface area contributed by atoms with Gasteiger partial charge in [-0.3, -0.25) is 9.69 Å². The summed E-state index contributed by atoms with van der Waals surface area (Å²) in [7, 11) is 1.39. The number of thioether (sulfide) groups is 1. The van der Waals surface area contributed by atoms with Gasteiger partial charge in [-0.1, -0.05) is 0 Å². The Morgan fingerprint density at radius 3 is 3.00 bits per heavy atom. The highest BCUT2D eigenvalue weighted by molar-refractivity contribution is 7.98. The fourth-order valence-electron chi connectivity index (χ4n) is 1.72. The summed E-state index contributed by atoms with van der Waals surface area (Å²) in [4.78, 5) is 13.3. The molecular weight excluding hydrogens is 202 g/mol. The summed E-state index contributed by atoms with van der Waals surface area (Å²) < 4.78 is 4.69. The zero-order valence-corrected chi connectivity index (χ0v) is 9.42. The molecule has 14 heavy (non-hydrogen) atoms. The number of nitrogens with zero attached hydrogens (tertiary/aromatic N) is 1. The Morgan fingerprint density at radius 2 is 2.43 bits per heavy atom. The third-order valence-corrected chi connectivity index (χ3v) is 3.03. The van der Waals surface area contributed by atoms with Gasteiger partial charge < -0.3 is 9.84 Å². The Morgan fingerprint density at radius 1 is 1.71 bits per heavy atom. The van der Waals surface area contributed by atoms with E-state index in [4.69, 9.17) is 4.74 Å². The minimum atomic E-state index is -0.388. The standard InChI is InChI=1S/C9H17NO3S/c1-13-9(12)8-5-7(11)6-10(8)3-4-14-2/h7-8,11H,3-6H2,1-2H3. The molecule has 0 aromatic carbocycles. The van der Waals surface area contributed by atoms with Crippen LogP contribution in [-0.2, 0) is 9.53 Å². The molecule has 0 aliphatic carbocycles. The summed E-state index contributed by atoms with van der Waals surface area (Å²) in [6.07, 6.45) is 2.14. The Bertz CT molecular complexity index is 200. The van der Waals surface area contributed by atoms with Gasteiger partial charge in [0, 0.05) is 25.3 Å². The number of carbonyl (C=O) groups excluding carboxylic acids is 1. The van der Waals surface area contributed by atoms with Crippen molar-refractivity contribution < 1.29 is 14.6 Å². The van der Waals surface area contributed by atoms with Crippen molar-refractivity contribution in [2.75, 3.05) is 32.2 Å². The molecule has 0 saturated carbocycles. The summed E-state index contributed by atoms with van der Waals surface area (Å²) in [6.45, 7) is 1.42. The van der Waals surface area contributed by atoms with Crippen LogP contribution in [0.1, 0.15) is 6.42 Å². The number of methoxy groups -OCH3 is 1. The third kappa shape index (κ3) is 2.87. The van der Waals surface area contributed by atoms with Gasteiger partial charge in [0.1, 0.15) is 6.04 Å². The molecule has 0 radical (unpaired) electrons. The number of carbonyl (C=O) groups is 1. The lowest BCUT2D eigenvalue weighted by Crippen LogP contribution is -2.38. The minimum absolute atomic E-state index is 0.234. The lowest BCUT2D eigenvalue weighted by molar-refractivity contribution is -0.145. The van der Waals surface area contributed by atoms with E-state index < -0.39 is 0 Å². The minimum Gasteiger partial charge on any atom is -0.468 e. The SMILES string of the molecule is COC(=O)C1CC(O)CN1CCSC. The van der Waals surface area contributed by atoms with Gasteiger partial charge >= 0.3 is 5.97 Å². The van der Waals surface area contributed by atoms with Gasteiger partial charge in [0.2, 0.25) is 0 Å².